The zero-order valence-corrected chi connectivity index (χ0v) is 19.3. The van der Waals surface area contributed by atoms with Crippen LogP contribution in [0.4, 0.5) is 11.5 Å². The number of benzene rings is 1. The maximum atomic E-state index is 12.7. The van der Waals surface area contributed by atoms with Gasteiger partial charge in [0.25, 0.3) is 5.91 Å². The molecule has 3 heterocycles. The van der Waals surface area contributed by atoms with Crippen molar-refractivity contribution < 1.29 is 9.53 Å². The number of ether oxygens (including phenoxy) is 1. The highest BCUT2D eigenvalue weighted by molar-refractivity contribution is 6.04. The first-order valence-corrected chi connectivity index (χ1v) is 11.2. The van der Waals surface area contributed by atoms with Crippen molar-refractivity contribution in [3.8, 4) is 5.75 Å². The number of piperidine rings is 1. The third kappa shape index (κ3) is 5.46. The predicted octanol–water partition coefficient (Wildman–Crippen LogP) is 3.86. The number of carbonyl (C=O) groups is 1. The molecule has 4 rings (SSSR count). The fourth-order valence-electron chi connectivity index (χ4n) is 4.16. The molecule has 0 radical (unpaired) electrons. The van der Waals surface area contributed by atoms with Crippen molar-refractivity contribution in [2.75, 3.05) is 37.9 Å². The Balaban J connectivity index is 1.35. The first kappa shape index (κ1) is 22.7. The normalized spacial score (nSPS) is 14.6. The number of hydrogen-bond donors (Lipinski definition) is 2. The van der Waals surface area contributed by atoms with Crippen LogP contribution in [0.1, 0.15) is 46.2 Å². The van der Waals surface area contributed by atoms with Gasteiger partial charge >= 0.3 is 0 Å². The minimum absolute atomic E-state index is 0.212. The molecule has 2 aromatic heterocycles. The van der Waals surface area contributed by atoms with Crippen molar-refractivity contribution in [1.29, 1.82) is 0 Å². The topological polar surface area (TPSA) is 92.3 Å². The predicted molar refractivity (Wildman–Crippen MR) is 129 cm³/mol. The Hall–Kier alpha value is -3.52. The van der Waals surface area contributed by atoms with E-state index in [4.69, 9.17) is 9.72 Å². The molecule has 1 amide bonds. The second-order valence-corrected chi connectivity index (χ2v) is 8.22. The molecule has 33 heavy (non-hydrogen) atoms. The Morgan fingerprint density at radius 3 is 2.58 bits per heavy atom. The fourth-order valence-corrected chi connectivity index (χ4v) is 4.16. The molecule has 0 unspecified atom stereocenters. The van der Waals surface area contributed by atoms with Crippen LogP contribution in [0, 0.1) is 6.92 Å². The van der Waals surface area contributed by atoms with Gasteiger partial charge in [-0.3, -0.25) is 9.69 Å². The Kier molecular flexibility index (Phi) is 7.14. The van der Waals surface area contributed by atoms with Crippen molar-refractivity contribution in [3.05, 3.63) is 71.4 Å². The minimum Gasteiger partial charge on any atom is -0.497 e. The fraction of sp³-hybridized carbons (Fsp3) is 0.360. The highest BCUT2D eigenvalue weighted by Crippen LogP contribution is 2.27. The van der Waals surface area contributed by atoms with Crippen LogP contribution in [0.5, 0.6) is 5.75 Å². The van der Waals surface area contributed by atoms with E-state index < -0.39 is 0 Å². The number of carbonyl (C=O) groups excluding carboxylic acids is 1. The summed E-state index contributed by atoms with van der Waals surface area (Å²) in [5.74, 6) is 2.59. The van der Waals surface area contributed by atoms with Crippen LogP contribution >= 0.6 is 0 Å². The van der Waals surface area contributed by atoms with Crippen molar-refractivity contribution in [3.63, 3.8) is 0 Å². The summed E-state index contributed by atoms with van der Waals surface area (Å²) in [6.45, 7) is 4.70. The molecule has 1 saturated heterocycles. The van der Waals surface area contributed by atoms with E-state index in [2.05, 4.69) is 31.6 Å². The SMILES string of the molecule is CNc1ncccc1CN1CCC(c2ncc(C(=O)Nc3ccc(OC)cc3)c(C)n2)CC1. The zero-order chi connectivity index (χ0) is 23.2. The van der Waals surface area contributed by atoms with Crippen LogP contribution in [-0.4, -0.2) is 53.0 Å². The first-order chi connectivity index (χ1) is 16.1. The number of aryl methyl sites for hydroxylation is 1. The van der Waals surface area contributed by atoms with E-state index in [0.717, 1.165) is 49.9 Å². The number of hydrogen-bond acceptors (Lipinski definition) is 7. The quantitative estimate of drug-likeness (QED) is 0.569. The highest BCUT2D eigenvalue weighted by Gasteiger charge is 2.24. The number of amides is 1. The van der Waals surface area contributed by atoms with E-state index in [1.165, 1.54) is 5.56 Å². The third-order valence-electron chi connectivity index (χ3n) is 6.07. The Morgan fingerprint density at radius 2 is 1.91 bits per heavy atom. The van der Waals surface area contributed by atoms with Gasteiger partial charge in [-0.2, -0.15) is 0 Å². The number of pyridine rings is 1. The molecule has 2 N–H and O–H groups in total. The lowest BCUT2D eigenvalue weighted by atomic mass is 9.95. The first-order valence-electron chi connectivity index (χ1n) is 11.2. The third-order valence-corrected chi connectivity index (χ3v) is 6.07. The number of likely N-dealkylation sites (tertiary alicyclic amines) is 1. The molecule has 0 spiro atoms. The largest absolute Gasteiger partial charge is 0.497 e. The maximum Gasteiger partial charge on any atom is 0.259 e. The second-order valence-electron chi connectivity index (χ2n) is 8.22. The van der Waals surface area contributed by atoms with Gasteiger partial charge in [0, 0.05) is 43.2 Å². The molecule has 1 aliphatic rings. The van der Waals surface area contributed by atoms with E-state index in [9.17, 15) is 4.79 Å². The molecule has 0 atom stereocenters. The van der Waals surface area contributed by atoms with Crippen molar-refractivity contribution in [2.24, 2.45) is 0 Å². The molecule has 8 heteroatoms. The number of methoxy groups -OCH3 is 1. The summed E-state index contributed by atoms with van der Waals surface area (Å²) < 4.78 is 5.15. The molecular formula is C25H30N6O2. The van der Waals surface area contributed by atoms with E-state index >= 15 is 0 Å². The molecule has 0 aliphatic carbocycles. The molecule has 1 aliphatic heterocycles. The van der Waals surface area contributed by atoms with Gasteiger partial charge in [0.1, 0.15) is 17.4 Å². The number of nitrogens with zero attached hydrogens (tertiary/aromatic N) is 4. The van der Waals surface area contributed by atoms with Crippen molar-refractivity contribution >= 4 is 17.4 Å². The molecule has 0 saturated carbocycles. The minimum atomic E-state index is -0.212. The van der Waals surface area contributed by atoms with Gasteiger partial charge < -0.3 is 15.4 Å². The number of anilines is 2. The number of aromatic nitrogens is 3. The summed E-state index contributed by atoms with van der Waals surface area (Å²) in [7, 11) is 3.51. The van der Waals surface area contributed by atoms with E-state index in [-0.39, 0.29) is 5.91 Å². The summed E-state index contributed by atoms with van der Waals surface area (Å²) in [5.41, 5.74) is 3.09. The Bertz CT molecular complexity index is 1090. The average molecular weight is 447 g/mol. The van der Waals surface area contributed by atoms with E-state index in [1.807, 2.05) is 38.4 Å². The lowest BCUT2D eigenvalue weighted by Gasteiger charge is -2.31. The lowest BCUT2D eigenvalue weighted by Crippen LogP contribution is -2.33. The monoisotopic (exact) mass is 446 g/mol. The molecule has 0 bridgehead atoms. The molecule has 8 nitrogen and oxygen atoms in total. The van der Waals surface area contributed by atoms with Crippen LogP contribution in [0.25, 0.3) is 0 Å². The summed E-state index contributed by atoms with van der Waals surface area (Å²) >= 11 is 0. The molecule has 1 fully saturated rings. The van der Waals surface area contributed by atoms with Gasteiger partial charge in [-0.25, -0.2) is 15.0 Å². The van der Waals surface area contributed by atoms with Crippen LogP contribution in [0.2, 0.25) is 0 Å². The summed E-state index contributed by atoms with van der Waals surface area (Å²) in [5, 5.41) is 6.06. The maximum absolute atomic E-state index is 12.7. The summed E-state index contributed by atoms with van der Waals surface area (Å²) in [4.78, 5) is 28.8. The van der Waals surface area contributed by atoms with E-state index in [1.54, 1.807) is 25.4 Å². The standard InChI is InChI=1S/C25H30N6O2/c1-17-22(25(32)30-20-6-8-21(33-3)9-7-20)15-28-24(29-17)18-10-13-31(14-11-18)16-19-5-4-12-27-23(19)26-2/h4-9,12,15,18H,10-11,13-14,16H2,1-3H3,(H,26,27)(H,30,32). The van der Waals surface area contributed by atoms with Crippen molar-refractivity contribution in [2.45, 2.75) is 32.2 Å². The Morgan fingerprint density at radius 1 is 1.15 bits per heavy atom. The zero-order valence-electron chi connectivity index (χ0n) is 19.3. The van der Waals surface area contributed by atoms with Gasteiger partial charge in [0.2, 0.25) is 0 Å². The molecule has 1 aromatic carbocycles. The molecular weight excluding hydrogens is 416 g/mol. The van der Waals surface area contributed by atoms with E-state index in [0.29, 0.717) is 22.9 Å². The lowest BCUT2D eigenvalue weighted by molar-refractivity contribution is 0.102. The van der Waals surface area contributed by atoms with Gasteiger partial charge in [-0.05, 0) is 63.2 Å². The summed E-state index contributed by atoms with van der Waals surface area (Å²) in [6, 6.07) is 11.3. The van der Waals surface area contributed by atoms with Gasteiger partial charge in [0.15, 0.2) is 0 Å². The van der Waals surface area contributed by atoms with Crippen molar-refractivity contribution in [1.82, 2.24) is 19.9 Å². The van der Waals surface area contributed by atoms with Gasteiger partial charge in [0.05, 0.1) is 18.4 Å². The van der Waals surface area contributed by atoms with Crippen LogP contribution in [0.15, 0.2) is 48.8 Å². The van der Waals surface area contributed by atoms with Crippen LogP contribution in [-0.2, 0) is 6.54 Å². The van der Waals surface area contributed by atoms with Gasteiger partial charge in [-0.15, -0.1) is 0 Å². The highest BCUT2D eigenvalue weighted by atomic mass is 16.5. The second kappa shape index (κ2) is 10.4. The number of nitrogens with one attached hydrogen (secondary N) is 2. The van der Waals surface area contributed by atoms with Crippen LogP contribution in [0.3, 0.4) is 0 Å². The number of rotatable bonds is 7. The van der Waals surface area contributed by atoms with Gasteiger partial charge in [-0.1, -0.05) is 6.07 Å². The Labute approximate surface area is 194 Å². The smallest absolute Gasteiger partial charge is 0.259 e. The molecule has 172 valence electrons. The van der Waals surface area contributed by atoms with Crippen LogP contribution < -0.4 is 15.4 Å². The average Bonchev–Trinajstić information content (AvgIpc) is 2.85. The molecule has 3 aromatic rings. The summed E-state index contributed by atoms with van der Waals surface area (Å²) in [6.07, 6.45) is 5.44.